The normalized spacial score (nSPS) is 21.9. The second-order valence-corrected chi connectivity index (χ2v) is 55.2. The van der Waals surface area contributed by atoms with Crippen LogP contribution in [0.4, 0.5) is 0 Å². The van der Waals surface area contributed by atoms with Gasteiger partial charge >= 0.3 is 0 Å². The van der Waals surface area contributed by atoms with Crippen LogP contribution in [0.15, 0.2) is 12.2 Å². The zero-order chi connectivity index (χ0) is 51.4. The van der Waals surface area contributed by atoms with Gasteiger partial charge in [-0.15, -0.1) is 0 Å². The van der Waals surface area contributed by atoms with Crippen molar-refractivity contribution in [3.05, 3.63) is 140 Å². The summed E-state index contributed by atoms with van der Waals surface area (Å²) in [5, 5.41) is 0. The fourth-order valence-corrected chi connectivity index (χ4v) is 21.6. The van der Waals surface area contributed by atoms with Crippen LogP contribution in [0.1, 0.15) is 111 Å². The summed E-state index contributed by atoms with van der Waals surface area (Å²) in [6.45, 7) is 79.1. The molecule has 0 bridgehead atoms. The summed E-state index contributed by atoms with van der Waals surface area (Å²) in [6.07, 6.45) is 4.09. The number of hydrogen-bond acceptors (Lipinski definition) is 0. The Labute approximate surface area is 551 Å². The SMILES string of the molecule is C[C]1[C](C)[C](C)[C]([Si](C)(C)C)[C]1C.C[C]1[C](C)[C](C)[C]([Si](C)(C)C)[C]1C.C[C]1[C](C)[C](C)[C]([Si](C)(C)C)[C]1C.C[C]1[C](C)[C](C)[C]([Si](C)(C)C)[C]1C.C[Si](C)(C)[C-]=CC=[C-][Si](C)(C)C.O.O.[Y].[Y].[Y].[Y]. The van der Waals surface area contributed by atoms with E-state index in [0.717, 1.165) is 0 Å². The second-order valence-electron chi connectivity index (χ2n) is 25.6. The molecular weight excluding hydrogens is 1250 g/mol. The molecule has 2 nitrogen and oxygen atoms in total. The first-order valence-electron chi connectivity index (χ1n) is 24.4. The molecule has 390 valence electrons. The van der Waals surface area contributed by atoms with E-state index in [9.17, 15) is 0 Å². The average molecular weight is 1360 g/mol. The summed E-state index contributed by atoms with van der Waals surface area (Å²) in [4.78, 5) is 0. The fourth-order valence-electron chi connectivity index (χ4n) is 9.96. The predicted molar refractivity (Wildman–Crippen MR) is 319 cm³/mol. The van der Waals surface area contributed by atoms with E-state index in [1.807, 2.05) is 12.2 Å². The molecule has 12 heteroatoms. The summed E-state index contributed by atoms with van der Waals surface area (Å²) in [7, 11) is -6.76. The zero-order valence-electron chi connectivity index (χ0n) is 52.5. The van der Waals surface area contributed by atoms with Gasteiger partial charge in [-0.3, -0.25) is 0 Å². The molecule has 0 aliphatic heterocycles. The molecule has 24 radical (unpaired) electrons. The Hall–Kier alpha value is 5.12. The maximum atomic E-state index is 3.41. The van der Waals surface area contributed by atoms with E-state index in [1.54, 1.807) is 69.5 Å². The van der Waals surface area contributed by atoms with Crippen LogP contribution in [-0.2, 0) is 131 Å². The average Bonchev–Trinajstić information content (AvgIpc) is 3.61. The molecule has 4 aliphatic carbocycles. The molecule has 0 amide bonds. The molecule has 0 aromatic rings. The van der Waals surface area contributed by atoms with Crippen molar-refractivity contribution in [2.75, 3.05) is 0 Å². The van der Waals surface area contributed by atoms with Crippen LogP contribution < -0.4 is 0 Å². The van der Waals surface area contributed by atoms with Gasteiger partial charge in [-0.25, -0.2) is 0 Å². The molecule has 0 unspecified atom stereocenters. The van der Waals surface area contributed by atoms with Crippen LogP contribution in [0, 0.1) is 128 Å². The van der Waals surface area contributed by atoms with Crippen LogP contribution in [0.3, 0.4) is 0 Å². The Morgan fingerprint density at radius 2 is 0.314 bits per heavy atom. The van der Waals surface area contributed by atoms with E-state index >= 15 is 0 Å². The van der Waals surface area contributed by atoms with Crippen molar-refractivity contribution >= 4 is 48.4 Å². The molecule has 4 rings (SSSR count). The molecule has 4 aliphatic rings. The van der Waals surface area contributed by atoms with E-state index in [2.05, 4.69) is 240 Å². The van der Waals surface area contributed by atoms with Crippen LogP contribution in [-0.4, -0.2) is 59.4 Å². The number of rotatable bonds is 7. The molecule has 4 saturated carbocycles. The monoisotopic (exact) mass is 1360 g/mol. The largest absolute Gasteiger partial charge is 0.412 e. The topological polar surface area (TPSA) is 63.0 Å². The molecule has 0 aromatic heterocycles. The second kappa shape index (κ2) is 35.9. The minimum absolute atomic E-state index is 0. The van der Waals surface area contributed by atoms with Gasteiger partial charge in [0.2, 0.25) is 0 Å². The van der Waals surface area contributed by atoms with Crippen molar-refractivity contribution in [1.82, 2.24) is 0 Å². The first kappa shape index (κ1) is 88.9. The molecule has 70 heavy (non-hydrogen) atoms. The summed E-state index contributed by atoms with van der Waals surface area (Å²) in [5.41, 5.74) is 13.6. The minimum atomic E-state index is -1.13. The molecular formula is C58H108O2Si6Y4-2. The fraction of sp³-hybridized carbons (Fsp3) is 0.586. The van der Waals surface area contributed by atoms with Gasteiger partial charge in [-0.05, 0) is 133 Å². The minimum Gasteiger partial charge on any atom is -0.412 e. The van der Waals surface area contributed by atoms with Gasteiger partial charge in [-0.2, -0.15) is 0 Å². The third-order valence-corrected chi connectivity index (χ3v) is 24.9. The first-order valence-corrected chi connectivity index (χ1v) is 45.4. The zero-order valence-corrected chi connectivity index (χ0v) is 69.8. The van der Waals surface area contributed by atoms with Crippen LogP contribution in [0.25, 0.3) is 0 Å². The van der Waals surface area contributed by atoms with E-state index < -0.39 is 48.4 Å². The van der Waals surface area contributed by atoms with Crippen molar-refractivity contribution in [3.8, 4) is 0 Å². The van der Waals surface area contributed by atoms with Gasteiger partial charge in [0.15, 0.2) is 0 Å². The first-order chi connectivity index (χ1) is 28.3. The Bertz CT molecular complexity index is 1180. The Morgan fingerprint density at radius 1 is 0.214 bits per heavy atom. The van der Waals surface area contributed by atoms with Crippen LogP contribution >= 0.6 is 0 Å². The van der Waals surface area contributed by atoms with E-state index in [4.69, 9.17) is 0 Å². The van der Waals surface area contributed by atoms with Gasteiger partial charge < -0.3 is 34.5 Å². The van der Waals surface area contributed by atoms with Crippen LogP contribution in [0.5, 0.6) is 0 Å². The number of hydrogen-bond donors (Lipinski definition) is 0. The van der Waals surface area contributed by atoms with E-state index in [-0.39, 0.29) is 142 Å². The smallest absolute Gasteiger partial charge is 0.0524 e. The quantitative estimate of drug-likeness (QED) is 0.139. The van der Waals surface area contributed by atoms with Gasteiger partial charge in [0, 0.05) is 131 Å². The van der Waals surface area contributed by atoms with Crippen molar-refractivity contribution in [1.29, 1.82) is 0 Å². The molecule has 0 saturated heterocycles. The molecule has 0 atom stereocenters. The van der Waals surface area contributed by atoms with Gasteiger partial charge in [0.05, 0.1) is 32.3 Å². The van der Waals surface area contributed by atoms with Crippen molar-refractivity contribution in [2.24, 2.45) is 0 Å². The summed E-state index contributed by atoms with van der Waals surface area (Å²) in [5.74, 6) is 24.5. The molecule has 0 spiro atoms. The molecule has 0 heterocycles. The van der Waals surface area contributed by atoms with E-state index in [0.29, 0.717) is 0 Å². The maximum Gasteiger partial charge on any atom is 0.0524 e. The maximum absolute atomic E-state index is 3.41. The standard InChI is InChI=1S/4C12H21Si.C10H20Si2.2H2O.4Y/c4*1-8-9(2)11(4)12(10(8)3)13(5,6)7;1-11(2,3)9-7-8-10-12(4,5)6;;;;;;/h4*1-7H3;7-8H,1-6H3;2*1H2;;;;/q;;;;-2;;;;;;. The van der Waals surface area contributed by atoms with Gasteiger partial charge in [0.1, 0.15) is 0 Å². The van der Waals surface area contributed by atoms with Gasteiger partial charge in [-0.1, -0.05) is 229 Å². The Kier molecular flexibility index (Phi) is 45.6. The third kappa shape index (κ3) is 27.3. The molecule has 0 aromatic carbocycles. The summed E-state index contributed by atoms with van der Waals surface area (Å²) in [6, 6.07) is 0. The summed E-state index contributed by atoms with van der Waals surface area (Å²) < 4.78 is 0. The summed E-state index contributed by atoms with van der Waals surface area (Å²) >= 11 is 0. The van der Waals surface area contributed by atoms with Crippen molar-refractivity contribution in [2.45, 2.75) is 229 Å². The Morgan fingerprint density at radius 3 is 0.371 bits per heavy atom. The number of allylic oxidation sites excluding steroid dienone is 2. The van der Waals surface area contributed by atoms with Gasteiger partial charge in [0.25, 0.3) is 0 Å². The van der Waals surface area contributed by atoms with Crippen molar-refractivity contribution in [3.63, 3.8) is 0 Å². The molecule has 4 N–H and O–H groups in total. The van der Waals surface area contributed by atoms with Crippen molar-refractivity contribution < 1.29 is 142 Å². The molecule has 4 fully saturated rings. The Balaban J connectivity index is -0.000000139. The predicted octanol–water partition coefficient (Wildman–Crippen LogP) is 17.1. The third-order valence-electron chi connectivity index (χ3n) is 13.9. The van der Waals surface area contributed by atoms with Crippen LogP contribution in [0.2, 0.25) is 118 Å². The van der Waals surface area contributed by atoms with E-state index in [1.165, 1.54) is 47.3 Å².